The van der Waals surface area contributed by atoms with Crippen LogP contribution < -0.4 is 0 Å². The van der Waals surface area contributed by atoms with Crippen LogP contribution in [0.3, 0.4) is 0 Å². The summed E-state index contributed by atoms with van der Waals surface area (Å²) in [4.78, 5) is 6.84. The Labute approximate surface area is 97.7 Å². The molecule has 0 spiro atoms. The predicted molar refractivity (Wildman–Crippen MR) is 78.1 cm³/mol. The lowest BCUT2D eigenvalue weighted by atomic mass is 10.2. The van der Waals surface area contributed by atoms with Crippen LogP contribution in [0.15, 0.2) is 28.9 Å². The first-order valence-electron chi connectivity index (χ1n) is 5.28. The summed E-state index contributed by atoms with van der Waals surface area (Å²) in [5, 5.41) is 0. The molecular weight excluding hydrogens is 299 g/mol. The van der Waals surface area contributed by atoms with E-state index >= 15 is 0 Å². The number of rotatable bonds is 2. The molecule has 1 unspecified atom stereocenters. The van der Waals surface area contributed by atoms with E-state index in [1.54, 1.807) is 0 Å². The molecule has 2 aliphatic rings. The van der Waals surface area contributed by atoms with Crippen LogP contribution >= 0.6 is 18.9 Å². The lowest BCUT2D eigenvalue weighted by Gasteiger charge is -2.26. The number of allylic oxidation sites excluding steroid dienone is 3. The van der Waals surface area contributed by atoms with Crippen LogP contribution in [0.5, 0.6) is 0 Å². The molecule has 0 amide bonds. The third-order valence-electron chi connectivity index (χ3n) is 2.71. The Balaban J connectivity index is 2.37. The molecule has 0 radical (unpaired) electrons. The van der Waals surface area contributed by atoms with Crippen LogP contribution in [0.25, 0.3) is 0 Å². The molecule has 82 valence electrons. The largest absolute Gasteiger partial charge is 0.301 e. The quantitative estimate of drug-likeness (QED) is 0.565. The minimum Gasteiger partial charge on any atom is -0.301 e. The summed E-state index contributed by atoms with van der Waals surface area (Å²) in [6.45, 7) is 6.75. The number of alkyl halides is 1. The van der Waals surface area contributed by atoms with Gasteiger partial charge in [0.2, 0.25) is 0 Å². The summed E-state index contributed by atoms with van der Waals surface area (Å²) in [5.74, 6) is 1.08. The van der Waals surface area contributed by atoms with Gasteiger partial charge in [-0.15, -0.1) is 18.9 Å². The zero-order valence-electron chi connectivity index (χ0n) is 9.44. The van der Waals surface area contributed by atoms with Gasteiger partial charge in [0.15, 0.2) is 0 Å². The second-order valence-corrected chi connectivity index (χ2v) is 9.18. The molecule has 0 bridgehead atoms. The van der Waals surface area contributed by atoms with Crippen LogP contribution in [0, 0.1) is 0 Å². The second kappa shape index (κ2) is 4.51. The highest BCUT2D eigenvalue weighted by molar-refractivity contribution is 14.2. The molecule has 2 heterocycles. The normalized spacial score (nSPS) is 22.2. The lowest BCUT2D eigenvalue weighted by molar-refractivity contribution is 0.785. The first kappa shape index (κ1) is 10.9. The van der Waals surface area contributed by atoms with Crippen LogP contribution in [0.2, 0.25) is 0 Å². The molecule has 2 nitrogen and oxygen atoms in total. The van der Waals surface area contributed by atoms with Crippen molar-refractivity contribution in [3.8, 4) is 0 Å². The molecule has 0 saturated heterocycles. The van der Waals surface area contributed by atoms with Crippen LogP contribution in [-0.2, 0) is 0 Å². The Morgan fingerprint density at radius 2 is 2.33 bits per heavy atom. The molecule has 15 heavy (non-hydrogen) atoms. The Morgan fingerprint density at radius 1 is 1.53 bits per heavy atom. The van der Waals surface area contributed by atoms with Crippen LogP contribution in [0.4, 0.5) is 0 Å². The van der Waals surface area contributed by atoms with Gasteiger partial charge in [-0.2, -0.15) is 0 Å². The van der Waals surface area contributed by atoms with E-state index in [2.05, 4.69) is 57.2 Å². The van der Waals surface area contributed by atoms with Crippen molar-refractivity contribution >= 4 is 33.0 Å². The van der Waals surface area contributed by atoms with Crippen molar-refractivity contribution in [2.75, 3.05) is 0 Å². The van der Waals surface area contributed by atoms with Crippen molar-refractivity contribution in [3.63, 3.8) is 0 Å². The molecule has 0 aliphatic carbocycles. The molecule has 2 rings (SSSR count). The molecule has 0 aromatic carbocycles. The summed E-state index contributed by atoms with van der Waals surface area (Å²) >= 11 is -1.12. The average molecular weight is 316 g/mol. The van der Waals surface area contributed by atoms with Gasteiger partial charge in [-0.3, -0.25) is 0 Å². The fourth-order valence-corrected chi connectivity index (χ4v) is 5.70. The summed E-state index contributed by atoms with van der Waals surface area (Å²) in [6.07, 6.45) is 7.55. The van der Waals surface area contributed by atoms with Gasteiger partial charge in [-0.1, -0.05) is 19.9 Å². The van der Waals surface area contributed by atoms with Crippen molar-refractivity contribution < 1.29 is 0 Å². The molecule has 1 atom stereocenters. The molecule has 0 saturated carbocycles. The standard InChI is InChI=1S/C12H17IN2/c1-4-10(2)13-8-14-12-7-5-6-11(3)15(12)9-13/h5-10H,4H2,1-3H3. The van der Waals surface area contributed by atoms with Gasteiger partial charge in [0.1, 0.15) is 5.84 Å². The van der Waals surface area contributed by atoms with Crippen molar-refractivity contribution in [1.82, 2.24) is 4.90 Å². The van der Waals surface area contributed by atoms with Gasteiger partial charge in [-0.05, 0) is 25.5 Å². The van der Waals surface area contributed by atoms with Gasteiger partial charge in [0.25, 0.3) is 0 Å². The van der Waals surface area contributed by atoms with Crippen LogP contribution in [-0.4, -0.2) is 22.9 Å². The minimum atomic E-state index is -1.12. The van der Waals surface area contributed by atoms with Gasteiger partial charge >= 0.3 is 0 Å². The average Bonchev–Trinajstić information content (AvgIpc) is 2.28. The number of nitrogens with zero attached hydrogens (tertiary/aromatic N) is 2. The van der Waals surface area contributed by atoms with Gasteiger partial charge in [0.05, 0.1) is 4.14 Å². The fraction of sp³-hybridized carbons (Fsp3) is 0.417. The molecule has 0 aromatic rings. The Kier molecular flexibility index (Phi) is 3.29. The smallest absolute Gasteiger partial charge is 0.137 e. The van der Waals surface area contributed by atoms with E-state index in [1.165, 1.54) is 12.1 Å². The number of hydrogen-bond donors (Lipinski definition) is 0. The Bertz CT molecular complexity index is 435. The highest BCUT2D eigenvalue weighted by Crippen LogP contribution is 2.26. The molecule has 3 heteroatoms. The van der Waals surface area contributed by atoms with Crippen molar-refractivity contribution in [1.29, 1.82) is 0 Å². The summed E-state index contributed by atoms with van der Waals surface area (Å²) < 4.78 is 5.49. The second-order valence-electron chi connectivity index (χ2n) is 3.79. The zero-order chi connectivity index (χ0) is 10.8. The van der Waals surface area contributed by atoms with E-state index in [0.717, 1.165) is 9.76 Å². The van der Waals surface area contributed by atoms with Gasteiger partial charge in [0, 0.05) is 13.8 Å². The van der Waals surface area contributed by atoms with Gasteiger partial charge in [-0.25, -0.2) is 4.99 Å². The topological polar surface area (TPSA) is 15.6 Å². The number of hydrogen-bond acceptors (Lipinski definition) is 2. The number of halogens is 1. The highest BCUT2D eigenvalue weighted by atomic mass is 127. The summed E-state index contributed by atoms with van der Waals surface area (Å²) in [5.41, 5.74) is 1.29. The number of amidine groups is 1. The van der Waals surface area contributed by atoms with E-state index in [9.17, 15) is 0 Å². The van der Waals surface area contributed by atoms with Gasteiger partial charge < -0.3 is 4.90 Å². The SMILES string of the molecule is CCC(C)I1=CN=C2C=CC=C(C)N2C=1. The maximum Gasteiger partial charge on any atom is 0.137 e. The maximum absolute atomic E-state index is 4.58. The third kappa shape index (κ3) is 2.17. The van der Waals surface area contributed by atoms with E-state index in [0.29, 0.717) is 0 Å². The molecule has 0 N–H and O–H groups in total. The van der Waals surface area contributed by atoms with Crippen molar-refractivity contribution in [2.24, 2.45) is 4.99 Å². The molecule has 0 aromatic heterocycles. The number of fused-ring (bicyclic) bond motifs is 1. The fourth-order valence-electron chi connectivity index (χ4n) is 1.46. The van der Waals surface area contributed by atoms with E-state index in [1.807, 2.05) is 0 Å². The zero-order valence-corrected chi connectivity index (χ0v) is 11.6. The Hall–Kier alpha value is -0.580. The third-order valence-corrected chi connectivity index (χ3v) is 8.16. The lowest BCUT2D eigenvalue weighted by Crippen LogP contribution is -2.29. The number of aliphatic imine (C=N–C) groups is 1. The first-order chi connectivity index (χ1) is 7.22. The highest BCUT2D eigenvalue weighted by Gasteiger charge is 2.14. The molecular formula is C12H17IN2. The molecule has 0 fully saturated rings. The van der Waals surface area contributed by atoms with E-state index in [4.69, 9.17) is 0 Å². The van der Waals surface area contributed by atoms with E-state index < -0.39 is 18.9 Å². The predicted octanol–water partition coefficient (Wildman–Crippen LogP) is 3.00. The summed E-state index contributed by atoms with van der Waals surface area (Å²) in [7, 11) is 0. The van der Waals surface area contributed by atoms with Crippen LogP contribution in [0.1, 0.15) is 27.2 Å². The van der Waals surface area contributed by atoms with Crippen molar-refractivity contribution in [2.45, 2.75) is 31.1 Å². The monoisotopic (exact) mass is 316 g/mol. The molecule has 2 aliphatic heterocycles. The maximum atomic E-state index is 4.58. The van der Waals surface area contributed by atoms with E-state index in [-0.39, 0.29) is 0 Å². The Morgan fingerprint density at radius 3 is 3.07 bits per heavy atom. The van der Waals surface area contributed by atoms with Crippen molar-refractivity contribution in [3.05, 3.63) is 23.9 Å². The first-order valence-corrected chi connectivity index (χ1v) is 9.02. The summed E-state index contributed by atoms with van der Waals surface area (Å²) in [6, 6.07) is 0. The minimum absolute atomic E-state index is 0.818.